The fourth-order valence-corrected chi connectivity index (χ4v) is 2.96. The first kappa shape index (κ1) is 16.0. The van der Waals surface area contributed by atoms with Crippen molar-refractivity contribution in [2.24, 2.45) is 0 Å². The maximum atomic E-state index is 14.0. The summed E-state index contributed by atoms with van der Waals surface area (Å²) >= 11 is 2.42. The van der Waals surface area contributed by atoms with Crippen LogP contribution in [0.15, 0.2) is 0 Å². The van der Waals surface area contributed by atoms with Gasteiger partial charge in [-0.2, -0.15) is 0 Å². The first-order chi connectivity index (χ1) is 7.35. The molecule has 0 saturated carbocycles. The van der Waals surface area contributed by atoms with E-state index >= 15 is 0 Å². The predicted molar refractivity (Wildman–Crippen MR) is 60.3 cm³/mol. The Morgan fingerprint density at radius 1 is 1.25 bits per heavy atom. The van der Waals surface area contributed by atoms with E-state index in [1.807, 2.05) is 0 Å². The molecule has 0 radical (unpaired) electrons. The molecule has 1 unspecified atom stereocenters. The zero-order valence-electron chi connectivity index (χ0n) is 9.37. The van der Waals surface area contributed by atoms with Crippen LogP contribution in [0, 0.1) is 0 Å². The van der Waals surface area contributed by atoms with Crippen molar-refractivity contribution in [3.63, 3.8) is 0 Å². The molecule has 0 aromatic rings. The molecule has 0 N–H and O–H groups in total. The summed E-state index contributed by atoms with van der Waals surface area (Å²) in [6.45, 7) is 4.41. The minimum atomic E-state index is -4.23. The Morgan fingerprint density at radius 3 is 2.00 bits per heavy atom. The van der Waals surface area contributed by atoms with Crippen LogP contribution in [0.25, 0.3) is 0 Å². The molecule has 16 heavy (non-hydrogen) atoms. The molecule has 0 fully saturated rings. The number of carbonyl (C=O) groups excluding carboxylic acids is 1. The van der Waals surface area contributed by atoms with Crippen molar-refractivity contribution < 1.29 is 27.5 Å². The third kappa shape index (κ3) is 3.52. The van der Waals surface area contributed by atoms with Crippen molar-refractivity contribution in [2.75, 3.05) is 19.8 Å². The van der Waals surface area contributed by atoms with Gasteiger partial charge in [0.25, 0.3) is 0 Å². The fourth-order valence-electron chi connectivity index (χ4n) is 0.869. The largest absolute Gasteiger partial charge is 0.462 e. The van der Waals surface area contributed by atoms with E-state index in [-0.39, 0.29) is 19.8 Å². The van der Waals surface area contributed by atoms with Crippen molar-refractivity contribution in [3.8, 4) is 0 Å². The zero-order chi connectivity index (χ0) is 12.8. The number of esters is 1. The first-order valence-electron chi connectivity index (χ1n) is 4.79. The second-order valence-corrected chi connectivity index (χ2v) is 6.43. The van der Waals surface area contributed by atoms with E-state index in [9.17, 15) is 13.8 Å². The Morgan fingerprint density at radius 2 is 1.69 bits per heavy atom. The summed E-state index contributed by atoms with van der Waals surface area (Å²) in [5, 5.41) is 0. The molecule has 0 amide bonds. The summed E-state index contributed by atoms with van der Waals surface area (Å²) in [4.78, 5) is 11.3. The zero-order valence-corrected chi connectivity index (χ0v) is 11.8. The van der Waals surface area contributed by atoms with E-state index in [1.165, 1.54) is 20.8 Å². The molecule has 0 saturated heterocycles. The Bertz CT molecular complexity index is 274. The van der Waals surface area contributed by atoms with Crippen LogP contribution in [-0.4, -0.2) is 30.1 Å². The summed E-state index contributed by atoms with van der Waals surface area (Å²) in [6.07, 6.45) is 0. The van der Waals surface area contributed by atoms with E-state index < -0.39 is 17.9 Å². The van der Waals surface area contributed by atoms with E-state index in [0.717, 1.165) is 0 Å². The van der Waals surface area contributed by atoms with Gasteiger partial charge in [0.2, 0.25) is 0 Å². The first-order valence-corrected chi connectivity index (χ1v) is 7.13. The standard InChI is InChI=1S/C8H15BrFO5P/c1-4-13-7(11)8(9,10)16(12,14-5-2)15-6-3/h4-6H2,1-3H3. The lowest BCUT2D eigenvalue weighted by Crippen LogP contribution is -2.31. The van der Waals surface area contributed by atoms with Gasteiger partial charge in [0.1, 0.15) is 0 Å². The lowest BCUT2D eigenvalue weighted by molar-refractivity contribution is -0.147. The van der Waals surface area contributed by atoms with Crippen LogP contribution in [-0.2, 0) is 23.1 Å². The molecule has 0 aliphatic rings. The molecule has 96 valence electrons. The molecular weight excluding hydrogens is 306 g/mol. The average Bonchev–Trinajstić information content (AvgIpc) is 2.18. The molecule has 0 heterocycles. The van der Waals surface area contributed by atoms with Crippen LogP contribution in [0.3, 0.4) is 0 Å². The lowest BCUT2D eigenvalue weighted by Gasteiger charge is -2.25. The van der Waals surface area contributed by atoms with Crippen LogP contribution in [0.5, 0.6) is 0 Å². The molecule has 0 bridgehead atoms. The quantitative estimate of drug-likeness (QED) is 0.410. The van der Waals surface area contributed by atoms with Crippen LogP contribution < -0.4 is 0 Å². The summed E-state index contributed by atoms with van der Waals surface area (Å²) in [5.41, 5.74) is 0. The van der Waals surface area contributed by atoms with E-state index in [2.05, 4.69) is 20.7 Å². The van der Waals surface area contributed by atoms with Gasteiger partial charge in [0, 0.05) is 0 Å². The summed E-state index contributed by atoms with van der Waals surface area (Å²) in [6, 6.07) is 0. The van der Waals surface area contributed by atoms with E-state index in [0.29, 0.717) is 0 Å². The third-order valence-corrected chi connectivity index (χ3v) is 5.16. The van der Waals surface area contributed by atoms with Gasteiger partial charge in [-0.3, -0.25) is 4.57 Å². The number of hydrogen-bond donors (Lipinski definition) is 0. The van der Waals surface area contributed by atoms with Gasteiger partial charge in [-0.15, -0.1) is 0 Å². The molecule has 5 nitrogen and oxygen atoms in total. The van der Waals surface area contributed by atoms with Gasteiger partial charge in [-0.1, -0.05) is 0 Å². The van der Waals surface area contributed by atoms with E-state index in [4.69, 9.17) is 9.05 Å². The summed E-state index contributed by atoms with van der Waals surface area (Å²) in [5.74, 6) is -1.32. The van der Waals surface area contributed by atoms with Crippen molar-refractivity contribution in [1.82, 2.24) is 0 Å². The van der Waals surface area contributed by atoms with Crippen molar-refractivity contribution in [1.29, 1.82) is 0 Å². The SMILES string of the molecule is CCOC(=O)C(F)(Br)P(=O)(OCC)OCC. The molecule has 0 spiro atoms. The molecule has 0 aliphatic carbocycles. The van der Waals surface area contributed by atoms with Crippen molar-refractivity contribution >= 4 is 29.5 Å². The molecular formula is C8H15BrFO5P. The van der Waals surface area contributed by atoms with Crippen LogP contribution in [0.1, 0.15) is 20.8 Å². The average molecular weight is 321 g/mol. The Balaban J connectivity index is 5.02. The van der Waals surface area contributed by atoms with Crippen LogP contribution >= 0.6 is 23.5 Å². The van der Waals surface area contributed by atoms with Crippen LogP contribution in [0.2, 0.25) is 0 Å². The predicted octanol–water partition coefficient (Wildman–Crippen LogP) is 2.83. The fraction of sp³-hybridized carbons (Fsp3) is 0.875. The summed E-state index contributed by atoms with van der Waals surface area (Å²) < 4.78 is 36.9. The summed E-state index contributed by atoms with van der Waals surface area (Å²) in [7, 11) is -4.23. The Labute approximate surface area is 102 Å². The highest BCUT2D eigenvalue weighted by molar-refractivity contribution is 9.11. The van der Waals surface area contributed by atoms with Gasteiger partial charge in [0.05, 0.1) is 19.8 Å². The third-order valence-electron chi connectivity index (χ3n) is 1.46. The maximum absolute atomic E-state index is 14.0. The number of ether oxygens (including phenoxy) is 1. The monoisotopic (exact) mass is 320 g/mol. The Hall–Kier alpha value is 0.0300. The van der Waals surface area contributed by atoms with Gasteiger partial charge in [0.15, 0.2) is 0 Å². The highest BCUT2D eigenvalue weighted by Crippen LogP contribution is 2.64. The van der Waals surface area contributed by atoms with Gasteiger partial charge in [-0.05, 0) is 36.7 Å². The number of carbonyl (C=O) groups is 1. The number of alkyl halides is 2. The number of rotatable bonds is 7. The molecule has 0 aromatic carbocycles. The molecule has 0 rings (SSSR count). The maximum Gasteiger partial charge on any atom is 0.390 e. The minimum Gasteiger partial charge on any atom is -0.462 e. The topological polar surface area (TPSA) is 61.8 Å². The van der Waals surface area contributed by atoms with Gasteiger partial charge >= 0.3 is 17.9 Å². The minimum absolute atomic E-state index is 0.0334. The molecule has 1 atom stereocenters. The second-order valence-electron chi connectivity index (χ2n) is 2.59. The normalized spacial score (nSPS) is 15.6. The second kappa shape index (κ2) is 6.69. The Kier molecular flexibility index (Phi) is 6.70. The van der Waals surface area contributed by atoms with Gasteiger partial charge in [-0.25, -0.2) is 9.18 Å². The molecule has 0 aromatic heterocycles. The van der Waals surface area contributed by atoms with Crippen molar-refractivity contribution in [2.45, 2.75) is 25.1 Å². The molecule has 0 aliphatic heterocycles. The van der Waals surface area contributed by atoms with Crippen molar-refractivity contribution in [3.05, 3.63) is 0 Å². The highest BCUT2D eigenvalue weighted by Gasteiger charge is 2.58. The smallest absolute Gasteiger partial charge is 0.390 e. The lowest BCUT2D eigenvalue weighted by atomic mass is 10.7. The number of halogens is 2. The highest BCUT2D eigenvalue weighted by atomic mass is 79.9. The van der Waals surface area contributed by atoms with Gasteiger partial charge < -0.3 is 13.8 Å². The van der Waals surface area contributed by atoms with E-state index in [1.54, 1.807) is 0 Å². The molecule has 8 heteroatoms. The van der Waals surface area contributed by atoms with Crippen LogP contribution in [0.4, 0.5) is 4.39 Å². The number of hydrogen-bond acceptors (Lipinski definition) is 5.